The number of aromatic nitrogens is 2. The average Bonchev–Trinajstić information content (AvgIpc) is 3.01. The van der Waals surface area contributed by atoms with E-state index in [1.165, 1.54) is 15.0 Å². The fourth-order valence-corrected chi connectivity index (χ4v) is 5.37. The maximum absolute atomic E-state index is 13.1. The minimum atomic E-state index is -0.0614. The van der Waals surface area contributed by atoms with Gasteiger partial charge in [0.15, 0.2) is 0 Å². The molecule has 3 rings (SSSR count). The van der Waals surface area contributed by atoms with E-state index in [-0.39, 0.29) is 30.1 Å². The molecule has 0 bridgehead atoms. The predicted octanol–water partition coefficient (Wildman–Crippen LogP) is 4.01. The minimum absolute atomic E-state index is 0.000306. The molecule has 0 aromatic carbocycles. The molecule has 0 aliphatic heterocycles. The molecule has 1 aliphatic carbocycles. The zero-order valence-electron chi connectivity index (χ0n) is 17.1. The van der Waals surface area contributed by atoms with Crippen molar-refractivity contribution in [1.82, 2.24) is 14.5 Å². The molecule has 1 amide bonds. The Morgan fingerprint density at radius 2 is 2.00 bits per heavy atom. The van der Waals surface area contributed by atoms with Crippen LogP contribution in [0, 0.1) is 5.92 Å². The number of hydrogen-bond acceptors (Lipinski definition) is 4. The Morgan fingerprint density at radius 1 is 1.33 bits per heavy atom. The van der Waals surface area contributed by atoms with Gasteiger partial charge in [0.05, 0.1) is 11.7 Å². The molecule has 5 nitrogen and oxygen atoms in total. The summed E-state index contributed by atoms with van der Waals surface area (Å²) in [4.78, 5) is 34.7. The fourth-order valence-electron chi connectivity index (χ4n) is 4.03. The van der Waals surface area contributed by atoms with Gasteiger partial charge in [-0.25, -0.2) is 4.98 Å². The van der Waals surface area contributed by atoms with E-state index in [0.29, 0.717) is 5.92 Å². The van der Waals surface area contributed by atoms with E-state index in [1.807, 2.05) is 4.90 Å². The van der Waals surface area contributed by atoms with Crippen LogP contribution in [-0.2, 0) is 24.2 Å². The van der Waals surface area contributed by atoms with Gasteiger partial charge in [-0.15, -0.1) is 11.3 Å². The molecule has 6 heteroatoms. The van der Waals surface area contributed by atoms with E-state index in [9.17, 15) is 9.59 Å². The van der Waals surface area contributed by atoms with E-state index >= 15 is 0 Å². The van der Waals surface area contributed by atoms with Crippen molar-refractivity contribution in [3.05, 3.63) is 27.1 Å². The third-order valence-electron chi connectivity index (χ3n) is 6.01. The highest BCUT2D eigenvalue weighted by molar-refractivity contribution is 7.18. The van der Waals surface area contributed by atoms with Crippen LogP contribution in [0.25, 0.3) is 10.2 Å². The molecule has 1 aliphatic rings. The Kier molecular flexibility index (Phi) is 6.04. The lowest BCUT2D eigenvalue weighted by molar-refractivity contribution is -0.136. The monoisotopic (exact) mass is 389 g/mol. The van der Waals surface area contributed by atoms with Crippen molar-refractivity contribution >= 4 is 27.5 Å². The van der Waals surface area contributed by atoms with E-state index < -0.39 is 0 Å². The summed E-state index contributed by atoms with van der Waals surface area (Å²) in [6.45, 7) is 10.7. The molecule has 27 heavy (non-hydrogen) atoms. The van der Waals surface area contributed by atoms with Crippen molar-refractivity contribution in [1.29, 1.82) is 0 Å². The predicted molar refractivity (Wildman–Crippen MR) is 111 cm³/mol. The molecule has 2 heterocycles. The first-order chi connectivity index (χ1) is 12.9. The van der Waals surface area contributed by atoms with Gasteiger partial charge < -0.3 is 4.90 Å². The van der Waals surface area contributed by atoms with Gasteiger partial charge >= 0.3 is 0 Å². The first-order valence-corrected chi connectivity index (χ1v) is 11.0. The SMILES string of the molecule is CC[C@@H](C)N(C(=O)Cn1cnc2sc3c(c2c1=O)CC[C@@H](C)C3)[C@H](C)CC. The molecule has 3 atom stereocenters. The zero-order chi connectivity index (χ0) is 19.7. The highest BCUT2D eigenvalue weighted by Crippen LogP contribution is 2.35. The summed E-state index contributed by atoms with van der Waals surface area (Å²) in [5.74, 6) is 0.661. The Hall–Kier alpha value is -1.69. The van der Waals surface area contributed by atoms with Crippen molar-refractivity contribution in [3.63, 3.8) is 0 Å². The summed E-state index contributed by atoms with van der Waals surface area (Å²) >= 11 is 1.65. The Labute approximate surface area is 165 Å². The average molecular weight is 390 g/mol. The molecule has 2 aromatic heterocycles. The highest BCUT2D eigenvalue weighted by atomic mass is 32.1. The minimum Gasteiger partial charge on any atom is -0.336 e. The van der Waals surface area contributed by atoms with Crippen LogP contribution < -0.4 is 5.56 Å². The van der Waals surface area contributed by atoms with Crippen LogP contribution in [0.3, 0.4) is 0 Å². The number of hydrogen-bond donors (Lipinski definition) is 0. The molecule has 0 spiro atoms. The Balaban J connectivity index is 1.94. The fraction of sp³-hybridized carbons (Fsp3) is 0.667. The number of aryl methyl sites for hydroxylation is 1. The van der Waals surface area contributed by atoms with Crippen molar-refractivity contribution in [3.8, 4) is 0 Å². The zero-order valence-corrected chi connectivity index (χ0v) is 17.9. The van der Waals surface area contributed by atoms with Crippen molar-refractivity contribution in [2.75, 3.05) is 0 Å². The van der Waals surface area contributed by atoms with Crippen LogP contribution in [0.15, 0.2) is 11.1 Å². The quantitative estimate of drug-likeness (QED) is 0.750. The van der Waals surface area contributed by atoms with Crippen LogP contribution >= 0.6 is 11.3 Å². The van der Waals surface area contributed by atoms with Crippen LogP contribution in [0.4, 0.5) is 0 Å². The Morgan fingerprint density at radius 3 is 2.63 bits per heavy atom. The molecular weight excluding hydrogens is 358 g/mol. The summed E-state index contributed by atoms with van der Waals surface area (Å²) in [6.07, 6.45) is 6.44. The topological polar surface area (TPSA) is 55.2 Å². The molecule has 2 aromatic rings. The van der Waals surface area contributed by atoms with Gasteiger partial charge in [0, 0.05) is 17.0 Å². The molecule has 0 unspecified atom stereocenters. The van der Waals surface area contributed by atoms with Crippen LogP contribution in [0.5, 0.6) is 0 Å². The maximum Gasteiger partial charge on any atom is 0.262 e. The molecule has 0 saturated carbocycles. The smallest absolute Gasteiger partial charge is 0.262 e. The van der Waals surface area contributed by atoms with E-state index in [1.54, 1.807) is 17.7 Å². The van der Waals surface area contributed by atoms with Crippen molar-refractivity contribution < 1.29 is 4.79 Å². The van der Waals surface area contributed by atoms with Gasteiger partial charge in [-0.2, -0.15) is 0 Å². The second-order valence-electron chi connectivity index (χ2n) is 8.03. The van der Waals surface area contributed by atoms with Gasteiger partial charge in [-0.1, -0.05) is 20.8 Å². The lowest BCUT2D eigenvalue weighted by Crippen LogP contribution is -2.46. The van der Waals surface area contributed by atoms with Gasteiger partial charge in [-0.05, 0) is 57.4 Å². The number of nitrogens with zero attached hydrogens (tertiary/aromatic N) is 3. The molecule has 0 N–H and O–H groups in total. The van der Waals surface area contributed by atoms with Gasteiger partial charge in [0.25, 0.3) is 5.56 Å². The lowest BCUT2D eigenvalue weighted by Gasteiger charge is -2.34. The number of carbonyl (C=O) groups is 1. The van der Waals surface area contributed by atoms with Gasteiger partial charge in [-0.3, -0.25) is 14.2 Å². The first-order valence-electron chi connectivity index (χ1n) is 10.2. The molecular formula is C21H31N3O2S. The molecule has 0 saturated heterocycles. The van der Waals surface area contributed by atoms with Gasteiger partial charge in [0.1, 0.15) is 11.4 Å². The van der Waals surface area contributed by atoms with E-state index in [2.05, 4.69) is 39.6 Å². The van der Waals surface area contributed by atoms with Crippen LogP contribution in [-0.4, -0.2) is 32.4 Å². The maximum atomic E-state index is 13.1. The van der Waals surface area contributed by atoms with Gasteiger partial charge in [0.2, 0.25) is 5.91 Å². The second-order valence-corrected chi connectivity index (χ2v) is 9.11. The first kappa shape index (κ1) is 20.1. The summed E-state index contributed by atoms with van der Waals surface area (Å²) in [5.41, 5.74) is 1.11. The summed E-state index contributed by atoms with van der Waals surface area (Å²) in [6, 6.07) is 0.325. The van der Waals surface area contributed by atoms with Crippen LogP contribution in [0.2, 0.25) is 0 Å². The number of amides is 1. The largest absolute Gasteiger partial charge is 0.336 e. The number of rotatable bonds is 6. The van der Waals surface area contributed by atoms with Crippen molar-refractivity contribution in [2.24, 2.45) is 5.92 Å². The number of carbonyl (C=O) groups excluding carboxylic acids is 1. The normalized spacial score (nSPS) is 18.9. The number of thiophene rings is 1. The summed E-state index contributed by atoms with van der Waals surface area (Å²) in [5, 5.41) is 0.746. The Bertz CT molecular complexity index is 875. The molecule has 148 valence electrons. The highest BCUT2D eigenvalue weighted by Gasteiger charge is 2.26. The third kappa shape index (κ3) is 3.82. The van der Waals surface area contributed by atoms with E-state index in [0.717, 1.165) is 42.3 Å². The second kappa shape index (κ2) is 8.13. The third-order valence-corrected chi connectivity index (χ3v) is 7.17. The molecule has 0 fully saturated rings. The summed E-state index contributed by atoms with van der Waals surface area (Å²) in [7, 11) is 0. The van der Waals surface area contributed by atoms with E-state index in [4.69, 9.17) is 0 Å². The van der Waals surface area contributed by atoms with Crippen molar-refractivity contribution in [2.45, 2.75) is 85.4 Å². The molecule has 0 radical (unpaired) electrons. The lowest BCUT2D eigenvalue weighted by atomic mass is 9.89. The van der Waals surface area contributed by atoms with Crippen LogP contribution in [0.1, 0.15) is 64.3 Å². The number of fused-ring (bicyclic) bond motifs is 3. The summed E-state index contributed by atoms with van der Waals surface area (Å²) < 4.78 is 1.51. The standard InChI is InChI=1S/C21H31N3O2S/c1-6-14(4)24(15(5)7-2)18(25)11-23-12-22-20-19(21(23)26)16-9-8-13(3)10-17(16)27-20/h12-15H,6-11H2,1-5H3/t13-,14-,15-/m1/s1.